The van der Waals surface area contributed by atoms with Gasteiger partial charge >= 0.3 is 7.82 Å². The van der Waals surface area contributed by atoms with Crippen molar-refractivity contribution in [3.05, 3.63) is 137 Å². The molecule has 1 atom stereocenters. The minimum Gasteiger partial charge on any atom is -0.402 e. The molecule has 4 aromatic carbocycles. The molecular formula is C32H29O5P. The Bertz CT molecular complexity index is 1450. The number of benzene rings is 4. The summed E-state index contributed by atoms with van der Waals surface area (Å²) >= 11 is 0. The van der Waals surface area contributed by atoms with Gasteiger partial charge in [0.15, 0.2) is 0 Å². The molecule has 0 saturated heterocycles. The van der Waals surface area contributed by atoms with Gasteiger partial charge in [0.1, 0.15) is 5.75 Å². The fourth-order valence-corrected chi connectivity index (χ4v) is 4.39. The van der Waals surface area contributed by atoms with Crippen LogP contribution in [0, 0.1) is 0 Å². The molecule has 0 heterocycles. The standard InChI is InChI=1S/C32H29O5P/c1-2-35-37-38(33,34)36-32-25-22-29(21-18-26-12-6-3-7-13-26)30(23-19-27-14-8-4-9-15-27)31(32)24-20-28-16-10-5-11-17-28/h3-25H,2H2,1H3,(H,33,34). The van der Waals surface area contributed by atoms with E-state index in [1.807, 2.05) is 134 Å². The molecule has 0 amide bonds. The first-order valence-corrected chi connectivity index (χ1v) is 13.7. The Kier molecular flexibility index (Phi) is 9.63. The zero-order valence-electron chi connectivity index (χ0n) is 21.0. The number of hydrogen-bond donors (Lipinski definition) is 1. The van der Waals surface area contributed by atoms with Gasteiger partial charge in [-0.2, -0.15) is 0 Å². The third-order valence-electron chi connectivity index (χ3n) is 5.50. The van der Waals surface area contributed by atoms with Gasteiger partial charge in [-0.25, -0.2) is 9.45 Å². The third-order valence-corrected chi connectivity index (χ3v) is 6.22. The van der Waals surface area contributed by atoms with E-state index in [2.05, 4.69) is 4.67 Å². The molecule has 6 heteroatoms. The molecule has 0 aliphatic heterocycles. The molecule has 0 fully saturated rings. The summed E-state index contributed by atoms with van der Waals surface area (Å²) in [5.74, 6) is 0.187. The first-order valence-electron chi connectivity index (χ1n) is 12.2. The van der Waals surface area contributed by atoms with Crippen LogP contribution in [0.4, 0.5) is 0 Å². The summed E-state index contributed by atoms with van der Waals surface area (Å²) in [7, 11) is -4.53. The van der Waals surface area contributed by atoms with Gasteiger partial charge in [-0.3, -0.25) is 4.89 Å². The Morgan fingerprint density at radius 1 is 0.632 bits per heavy atom. The second-order valence-corrected chi connectivity index (χ2v) is 9.52. The van der Waals surface area contributed by atoms with Crippen molar-refractivity contribution in [3.8, 4) is 5.75 Å². The summed E-state index contributed by atoms with van der Waals surface area (Å²) in [5, 5.41) is 0. The van der Waals surface area contributed by atoms with E-state index in [0.29, 0.717) is 5.56 Å². The van der Waals surface area contributed by atoms with Gasteiger partial charge in [0, 0.05) is 5.56 Å². The molecule has 0 spiro atoms. The van der Waals surface area contributed by atoms with Gasteiger partial charge in [-0.15, -0.1) is 4.67 Å². The lowest BCUT2D eigenvalue weighted by Crippen LogP contribution is -2.01. The molecule has 0 radical (unpaired) electrons. The van der Waals surface area contributed by atoms with Crippen LogP contribution in [0.2, 0.25) is 0 Å². The molecule has 0 saturated carbocycles. The van der Waals surface area contributed by atoms with Gasteiger partial charge in [0.05, 0.1) is 6.61 Å². The summed E-state index contributed by atoms with van der Waals surface area (Å²) in [6.07, 6.45) is 11.8. The van der Waals surface area contributed by atoms with E-state index in [9.17, 15) is 9.46 Å². The smallest absolute Gasteiger partial charge is 0.402 e. The Labute approximate surface area is 223 Å². The molecule has 0 aliphatic carbocycles. The summed E-state index contributed by atoms with van der Waals surface area (Å²) in [4.78, 5) is 15.0. The molecule has 0 bridgehead atoms. The number of rotatable bonds is 11. The van der Waals surface area contributed by atoms with Crippen LogP contribution in [0.25, 0.3) is 36.5 Å². The predicted molar refractivity (Wildman–Crippen MR) is 156 cm³/mol. The molecule has 192 valence electrons. The maximum absolute atomic E-state index is 12.6. The average Bonchev–Trinajstić information content (AvgIpc) is 2.95. The summed E-state index contributed by atoms with van der Waals surface area (Å²) < 4.78 is 22.7. The van der Waals surface area contributed by atoms with Crippen LogP contribution in [-0.4, -0.2) is 11.5 Å². The van der Waals surface area contributed by atoms with Crippen LogP contribution in [0.5, 0.6) is 5.75 Å². The SMILES string of the molecule is CCOOP(=O)(O)Oc1ccc(C=Cc2ccccc2)c(C=Cc2ccccc2)c1C=Cc1ccccc1. The lowest BCUT2D eigenvalue weighted by molar-refractivity contribution is -0.216. The van der Waals surface area contributed by atoms with Crippen LogP contribution >= 0.6 is 7.82 Å². The Balaban J connectivity index is 1.85. The molecule has 1 N–H and O–H groups in total. The molecule has 0 aromatic heterocycles. The van der Waals surface area contributed by atoms with E-state index in [-0.39, 0.29) is 12.4 Å². The molecule has 0 aliphatic rings. The highest BCUT2D eigenvalue weighted by Gasteiger charge is 2.26. The van der Waals surface area contributed by atoms with Crippen LogP contribution < -0.4 is 4.52 Å². The highest BCUT2D eigenvalue weighted by atomic mass is 31.2. The first kappa shape index (κ1) is 27.1. The minimum atomic E-state index is -4.53. The van der Waals surface area contributed by atoms with Crippen molar-refractivity contribution < 1.29 is 23.5 Å². The van der Waals surface area contributed by atoms with Gasteiger partial charge in [-0.1, -0.05) is 134 Å². The minimum absolute atomic E-state index is 0.100. The van der Waals surface area contributed by atoms with E-state index in [1.165, 1.54) is 0 Å². The summed E-state index contributed by atoms with van der Waals surface area (Å²) in [6.45, 7) is 1.75. The highest BCUT2D eigenvalue weighted by molar-refractivity contribution is 7.47. The van der Waals surface area contributed by atoms with Crippen molar-refractivity contribution >= 4 is 44.3 Å². The molecule has 1 unspecified atom stereocenters. The topological polar surface area (TPSA) is 65.0 Å². The lowest BCUT2D eigenvalue weighted by atomic mass is 9.96. The fourth-order valence-electron chi connectivity index (χ4n) is 3.71. The van der Waals surface area contributed by atoms with Crippen molar-refractivity contribution in [2.45, 2.75) is 6.92 Å². The van der Waals surface area contributed by atoms with E-state index in [1.54, 1.807) is 13.0 Å². The second-order valence-electron chi connectivity index (χ2n) is 8.25. The number of phosphoric acid groups is 1. The van der Waals surface area contributed by atoms with Gasteiger partial charge in [0.25, 0.3) is 0 Å². The molecule has 5 nitrogen and oxygen atoms in total. The molecule has 4 aromatic rings. The summed E-state index contributed by atoms with van der Waals surface area (Å²) in [5.41, 5.74) is 5.37. The zero-order chi connectivity index (χ0) is 26.6. The van der Waals surface area contributed by atoms with Crippen molar-refractivity contribution in [2.24, 2.45) is 0 Å². The quantitative estimate of drug-likeness (QED) is 0.0921. The molecular weight excluding hydrogens is 495 g/mol. The van der Waals surface area contributed by atoms with Gasteiger partial charge < -0.3 is 4.52 Å². The predicted octanol–water partition coefficient (Wildman–Crippen LogP) is 8.65. The van der Waals surface area contributed by atoms with Crippen LogP contribution in [0.1, 0.15) is 40.3 Å². The number of hydrogen-bond acceptors (Lipinski definition) is 4. The van der Waals surface area contributed by atoms with Crippen molar-refractivity contribution in [1.82, 2.24) is 0 Å². The van der Waals surface area contributed by atoms with Crippen molar-refractivity contribution in [2.75, 3.05) is 6.61 Å². The Morgan fingerprint density at radius 3 is 1.61 bits per heavy atom. The van der Waals surface area contributed by atoms with E-state index in [0.717, 1.165) is 27.8 Å². The maximum atomic E-state index is 12.6. The van der Waals surface area contributed by atoms with E-state index < -0.39 is 7.82 Å². The summed E-state index contributed by atoms with van der Waals surface area (Å²) in [6, 6.07) is 33.2. The fraction of sp³-hybridized carbons (Fsp3) is 0.0625. The third kappa shape index (κ3) is 8.01. The second kappa shape index (κ2) is 13.5. The van der Waals surface area contributed by atoms with Crippen molar-refractivity contribution in [3.63, 3.8) is 0 Å². The zero-order valence-corrected chi connectivity index (χ0v) is 21.9. The normalized spacial score (nSPS) is 13.3. The highest BCUT2D eigenvalue weighted by Crippen LogP contribution is 2.46. The Morgan fingerprint density at radius 2 is 1.11 bits per heavy atom. The van der Waals surface area contributed by atoms with Gasteiger partial charge in [0.2, 0.25) is 0 Å². The van der Waals surface area contributed by atoms with E-state index in [4.69, 9.17) is 9.41 Å². The number of phosphoric ester groups is 1. The lowest BCUT2D eigenvalue weighted by Gasteiger charge is -2.16. The monoisotopic (exact) mass is 524 g/mol. The maximum Gasteiger partial charge on any atom is 0.555 e. The molecule has 4 rings (SSSR count). The van der Waals surface area contributed by atoms with Crippen LogP contribution in [0.15, 0.2) is 103 Å². The molecule has 38 heavy (non-hydrogen) atoms. The first-order chi connectivity index (χ1) is 18.5. The Hall–Kier alpha value is -3.99. The van der Waals surface area contributed by atoms with Crippen molar-refractivity contribution in [1.29, 1.82) is 0 Å². The van der Waals surface area contributed by atoms with Crippen LogP contribution in [-0.2, 0) is 14.1 Å². The largest absolute Gasteiger partial charge is 0.555 e. The van der Waals surface area contributed by atoms with Crippen LogP contribution in [0.3, 0.4) is 0 Å². The van der Waals surface area contributed by atoms with E-state index >= 15 is 0 Å². The average molecular weight is 525 g/mol. The van der Waals surface area contributed by atoms with Gasteiger partial charge in [-0.05, 0) is 40.8 Å².